The lowest BCUT2D eigenvalue weighted by atomic mass is 10.2. The fourth-order valence-corrected chi connectivity index (χ4v) is 3.54. The number of nitrogens with zero attached hydrogens (tertiary/aromatic N) is 5. The van der Waals surface area contributed by atoms with Gasteiger partial charge < -0.3 is 10.1 Å². The molecule has 0 radical (unpaired) electrons. The Morgan fingerprint density at radius 1 is 1.17 bits per heavy atom. The SMILES string of the molecule is COc1ccccc1NC(=O)CSc1ncnc2c1nnn2Cc1ccc(F)cc1. The van der Waals surface area contributed by atoms with Gasteiger partial charge in [-0.25, -0.2) is 19.0 Å². The van der Waals surface area contributed by atoms with Gasteiger partial charge in [0, 0.05) is 0 Å². The largest absolute Gasteiger partial charge is 0.495 e. The highest BCUT2D eigenvalue weighted by Gasteiger charge is 2.15. The number of hydrogen-bond donors (Lipinski definition) is 1. The molecule has 0 saturated carbocycles. The van der Waals surface area contributed by atoms with Crippen LogP contribution >= 0.6 is 11.8 Å². The zero-order valence-corrected chi connectivity index (χ0v) is 16.8. The Balaban J connectivity index is 1.46. The summed E-state index contributed by atoms with van der Waals surface area (Å²) in [5.41, 5.74) is 2.52. The van der Waals surface area contributed by atoms with E-state index in [0.717, 1.165) is 5.56 Å². The van der Waals surface area contributed by atoms with Crippen LogP contribution in [0.2, 0.25) is 0 Å². The van der Waals surface area contributed by atoms with Gasteiger partial charge in [0.1, 0.15) is 22.9 Å². The summed E-state index contributed by atoms with van der Waals surface area (Å²) >= 11 is 1.24. The first kappa shape index (κ1) is 19.8. The van der Waals surface area contributed by atoms with E-state index in [1.165, 1.54) is 30.2 Å². The Labute approximate surface area is 175 Å². The van der Waals surface area contributed by atoms with E-state index in [4.69, 9.17) is 4.74 Å². The molecule has 0 aliphatic rings. The van der Waals surface area contributed by atoms with Crippen LogP contribution in [-0.2, 0) is 11.3 Å². The lowest BCUT2D eigenvalue weighted by molar-refractivity contribution is -0.113. The molecule has 4 aromatic rings. The topological polar surface area (TPSA) is 94.8 Å². The number of anilines is 1. The van der Waals surface area contributed by atoms with Gasteiger partial charge in [0.2, 0.25) is 5.91 Å². The first-order valence-corrected chi connectivity index (χ1v) is 9.97. The lowest BCUT2D eigenvalue weighted by Crippen LogP contribution is -2.14. The van der Waals surface area contributed by atoms with Gasteiger partial charge in [-0.05, 0) is 29.8 Å². The molecule has 4 rings (SSSR count). The zero-order valence-electron chi connectivity index (χ0n) is 15.9. The van der Waals surface area contributed by atoms with Gasteiger partial charge in [-0.3, -0.25) is 4.79 Å². The highest BCUT2D eigenvalue weighted by atomic mass is 32.2. The molecule has 2 aromatic heterocycles. The van der Waals surface area contributed by atoms with Crippen molar-refractivity contribution in [2.75, 3.05) is 18.2 Å². The standard InChI is InChI=1S/C20H17FN6O2S/c1-29-16-5-3-2-4-15(16)24-17(28)11-30-20-18-19(22-12-23-20)27(26-25-18)10-13-6-8-14(21)9-7-13/h2-9,12H,10-11H2,1H3,(H,24,28). The van der Waals surface area contributed by atoms with Gasteiger partial charge in [0.25, 0.3) is 0 Å². The van der Waals surface area contributed by atoms with Crippen molar-refractivity contribution < 1.29 is 13.9 Å². The van der Waals surface area contributed by atoms with Gasteiger partial charge >= 0.3 is 0 Å². The monoisotopic (exact) mass is 424 g/mol. The second-order valence-electron chi connectivity index (χ2n) is 6.26. The van der Waals surface area contributed by atoms with Gasteiger partial charge in [0.05, 0.1) is 25.1 Å². The fourth-order valence-electron chi connectivity index (χ4n) is 2.81. The van der Waals surface area contributed by atoms with E-state index in [1.807, 2.05) is 12.1 Å². The van der Waals surface area contributed by atoms with Crippen LogP contribution in [0.1, 0.15) is 5.56 Å². The van der Waals surface area contributed by atoms with Crippen LogP contribution in [0, 0.1) is 5.82 Å². The third kappa shape index (κ3) is 4.38. The number of carbonyl (C=O) groups excluding carboxylic acids is 1. The Morgan fingerprint density at radius 3 is 2.77 bits per heavy atom. The maximum atomic E-state index is 13.1. The molecule has 2 heterocycles. The molecule has 0 atom stereocenters. The number of carbonyl (C=O) groups is 1. The van der Waals surface area contributed by atoms with Crippen molar-refractivity contribution in [1.82, 2.24) is 25.0 Å². The molecule has 152 valence electrons. The Bertz CT molecular complexity index is 1180. The predicted octanol–water partition coefficient (Wildman–Crippen LogP) is 3.15. The summed E-state index contributed by atoms with van der Waals surface area (Å²) in [7, 11) is 1.55. The minimum atomic E-state index is -0.297. The summed E-state index contributed by atoms with van der Waals surface area (Å²) in [6.45, 7) is 0.395. The van der Waals surface area contributed by atoms with E-state index >= 15 is 0 Å². The van der Waals surface area contributed by atoms with E-state index in [9.17, 15) is 9.18 Å². The number of nitrogens with one attached hydrogen (secondary N) is 1. The van der Waals surface area contributed by atoms with E-state index in [0.29, 0.717) is 34.2 Å². The van der Waals surface area contributed by atoms with Crippen molar-refractivity contribution in [3.63, 3.8) is 0 Å². The third-order valence-electron chi connectivity index (χ3n) is 4.23. The van der Waals surface area contributed by atoms with Crippen LogP contribution in [0.15, 0.2) is 59.9 Å². The van der Waals surface area contributed by atoms with Crippen molar-refractivity contribution in [2.45, 2.75) is 11.6 Å². The maximum absolute atomic E-state index is 13.1. The van der Waals surface area contributed by atoms with Crippen molar-refractivity contribution in [3.8, 4) is 5.75 Å². The highest BCUT2D eigenvalue weighted by molar-refractivity contribution is 8.00. The number of thioether (sulfide) groups is 1. The van der Waals surface area contributed by atoms with Gasteiger partial charge in [-0.15, -0.1) is 5.10 Å². The normalized spacial score (nSPS) is 10.9. The number of halogens is 1. The van der Waals surface area contributed by atoms with Crippen LogP contribution in [-0.4, -0.2) is 43.7 Å². The van der Waals surface area contributed by atoms with Gasteiger partial charge in [-0.2, -0.15) is 0 Å². The minimum Gasteiger partial charge on any atom is -0.495 e. The highest BCUT2D eigenvalue weighted by Crippen LogP contribution is 2.25. The molecule has 1 amide bonds. The average molecular weight is 424 g/mol. The van der Waals surface area contributed by atoms with E-state index in [2.05, 4.69) is 25.6 Å². The summed E-state index contributed by atoms with van der Waals surface area (Å²) < 4.78 is 20.0. The van der Waals surface area contributed by atoms with E-state index in [1.54, 1.807) is 36.1 Å². The molecule has 1 N–H and O–H groups in total. The molecule has 0 spiro atoms. The van der Waals surface area contributed by atoms with Crippen molar-refractivity contribution in [1.29, 1.82) is 0 Å². The Hall–Kier alpha value is -3.53. The third-order valence-corrected chi connectivity index (χ3v) is 5.21. The number of para-hydroxylation sites is 2. The first-order valence-electron chi connectivity index (χ1n) is 8.98. The molecule has 0 unspecified atom stereocenters. The molecule has 0 aliphatic carbocycles. The van der Waals surface area contributed by atoms with E-state index < -0.39 is 0 Å². The van der Waals surface area contributed by atoms with Crippen LogP contribution in [0.25, 0.3) is 11.2 Å². The lowest BCUT2D eigenvalue weighted by Gasteiger charge is -2.09. The maximum Gasteiger partial charge on any atom is 0.234 e. The quantitative estimate of drug-likeness (QED) is 0.360. The second kappa shape index (κ2) is 8.87. The Morgan fingerprint density at radius 2 is 1.97 bits per heavy atom. The van der Waals surface area contributed by atoms with E-state index in [-0.39, 0.29) is 17.5 Å². The smallest absolute Gasteiger partial charge is 0.234 e. The summed E-state index contributed by atoms with van der Waals surface area (Å²) in [4.78, 5) is 20.8. The molecule has 0 fully saturated rings. The molecule has 0 aliphatic heterocycles. The van der Waals surface area contributed by atoms with Crippen molar-refractivity contribution in [2.24, 2.45) is 0 Å². The molecular weight excluding hydrogens is 407 g/mol. The summed E-state index contributed by atoms with van der Waals surface area (Å²) in [6.07, 6.45) is 1.41. The van der Waals surface area contributed by atoms with Gasteiger partial charge in [-0.1, -0.05) is 41.2 Å². The van der Waals surface area contributed by atoms with Crippen LogP contribution in [0.3, 0.4) is 0 Å². The zero-order chi connectivity index (χ0) is 20.9. The fraction of sp³-hybridized carbons (Fsp3) is 0.150. The number of hydrogen-bond acceptors (Lipinski definition) is 7. The Kier molecular flexibility index (Phi) is 5.84. The number of rotatable bonds is 7. The summed E-state index contributed by atoms with van der Waals surface area (Å²) in [6, 6.07) is 13.3. The number of methoxy groups -OCH3 is 1. The number of amides is 1. The number of ether oxygens (including phenoxy) is 1. The van der Waals surface area contributed by atoms with Crippen molar-refractivity contribution >= 4 is 34.5 Å². The average Bonchev–Trinajstić information content (AvgIpc) is 3.17. The summed E-state index contributed by atoms with van der Waals surface area (Å²) in [5.74, 6) is 0.225. The molecule has 0 saturated heterocycles. The van der Waals surface area contributed by atoms with Crippen molar-refractivity contribution in [3.05, 3.63) is 66.2 Å². The minimum absolute atomic E-state index is 0.134. The number of benzene rings is 2. The number of fused-ring (bicyclic) bond motifs is 1. The van der Waals surface area contributed by atoms with Crippen LogP contribution in [0.4, 0.5) is 10.1 Å². The van der Waals surface area contributed by atoms with Crippen LogP contribution in [0.5, 0.6) is 5.75 Å². The van der Waals surface area contributed by atoms with Gasteiger partial charge in [0.15, 0.2) is 11.2 Å². The second-order valence-corrected chi connectivity index (χ2v) is 7.23. The molecule has 10 heteroatoms. The summed E-state index contributed by atoms with van der Waals surface area (Å²) in [5, 5.41) is 11.7. The first-order chi connectivity index (χ1) is 14.6. The van der Waals surface area contributed by atoms with Crippen LogP contribution < -0.4 is 10.1 Å². The number of aromatic nitrogens is 5. The molecular formula is C20H17FN6O2S. The molecule has 0 bridgehead atoms. The molecule has 30 heavy (non-hydrogen) atoms. The molecule has 2 aromatic carbocycles. The molecule has 8 nitrogen and oxygen atoms in total. The predicted molar refractivity (Wildman–Crippen MR) is 111 cm³/mol.